The number of Topliss-reactive ketones (excluding diaryl/α,β-unsaturated/α-hetero) is 1. The molecule has 0 spiro atoms. The molecule has 0 unspecified atom stereocenters. The van der Waals surface area contributed by atoms with E-state index in [0.29, 0.717) is 5.56 Å². The van der Waals surface area contributed by atoms with Crippen molar-refractivity contribution in [1.29, 1.82) is 0 Å². The summed E-state index contributed by atoms with van der Waals surface area (Å²) in [7, 11) is 6.40. The maximum absolute atomic E-state index is 13.6. The number of anilines is 1. The van der Waals surface area contributed by atoms with Crippen LogP contribution >= 0.6 is 0 Å². The Morgan fingerprint density at radius 3 is 1.97 bits per heavy atom. The number of hydrogen-bond donors (Lipinski definition) is 0. The minimum absolute atomic E-state index is 0.0421. The van der Waals surface area contributed by atoms with Gasteiger partial charge in [-0.15, -0.1) is 0 Å². The largest absolute Gasteiger partial charge is 0.468 e. The van der Waals surface area contributed by atoms with Crippen molar-refractivity contribution < 1.29 is 23.9 Å². The van der Waals surface area contributed by atoms with Gasteiger partial charge in [0.15, 0.2) is 11.2 Å². The average Bonchev–Trinajstić information content (AvgIpc) is 2.92. The smallest absolute Gasteiger partial charge is 0.323 e. The number of benzene rings is 3. The van der Waals surface area contributed by atoms with Gasteiger partial charge >= 0.3 is 11.9 Å². The van der Waals surface area contributed by atoms with Crippen molar-refractivity contribution in [1.82, 2.24) is 0 Å². The Bertz CT molecular complexity index is 1240. The van der Waals surface area contributed by atoms with Crippen LogP contribution in [0, 0.1) is 5.41 Å². The highest BCUT2D eigenvalue weighted by molar-refractivity contribution is 6.04. The van der Waals surface area contributed by atoms with Gasteiger partial charge in [-0.1, -0.05) is 66.7 Å². The number of esters is 2. The van der Waals surface area contributed by atoms with Crippen molar-refractivity contribution in [2.24, 2.45) is 5.41 Å². The van der Waals surface area contributed by atoms with E-state index in [4.69, 9.17) is 9.47 Å². The molecule has 0 saturated carbocycles. The maximum Gasteiger partial charge on any atom is 0.323 e. The second-order valence-corrected chi connectivity index (χ2v) is 9.38. The third-order valence-corrected chi connectivity index (χ3v) is 7.25. The summed E-state index contributed by atoms with van der Waals surface area (Å²) in [6.07, 6.45) is 0.0943. The lowest BCUT2D eigenvalue weighted by Crippen LogP contribution is -2.50. The van der Waals surface area contributed by atoms with Gasteiger partial charge in [0.05, 0.1) is 14.2 Å². The molecular weight excluding hydrogens is 454 g/mol. The van der Waals surface area contributed by atoms with Crippen molar-refractivity contribution in [2.75, 3.05) is 33.2 Å². The molecule has 0 radical (unpaired) electrons. The number of hydrogen-bond acceptors (Lipinski definition) is 6. The van der Waals surface area contributed by atoms with E-state index in [9.17, 15) is 14.4 Å². The summed E-state index contributed by atoms with van der Waals surface area (Å²) >= 11 is 0. The summed E-state index contributed by atoms with van der Waals surface area (Å²) in [5.74, 6) is -2.57. The highest BCUT2D eigenvalue weighted by atomic mass is 16.5. The lowest BCUT2D eigenvalue weighted by Gasteiger charge is -2.44. The molecule has 4 rings (SSSR count). The van der Waals surface area contributed by atoms with Crippen molar-refractivity contribution in [3.05, 3.63) is 101 Å². The predicted octanol–water partition coefficient (Wildman–Crippen LogP) is 4.98. The van der Waals surface area contributed by atoms with Gasteiger partial charge in [0, 0.05) is 43.6 Å². The van der Waals surface area contributed by atoms with E-state index in [1.165, 1.54) is 14.2 Å². The zero-order valence-electron chi connectivity index (χ0n) is 21.1. The molecule has 2 atom stereocenters. The summed E-state index contributed by atoms with van der Waals surface area (Å²) in [6, 6.07) is 24.7. The van der Waals surface area contributed by atoms with Gasteiger partial charge in [-0.2, -0.15) is 0 Å². The maximum atomic E-state index is 13.6. The third-order valence-electron chi connectivity index (χ3n) is 7.25. The topological polar surface area (TPSA) is 72.9 Å². The monoisotopic (exact) mass is 485 g/mol. The second-order valence-electron chi connectivity index (χ2n) is 9.38. The molecule has 0 aromatic heterocycles. The van der Waals surface area contributed by atoms with E-state index >= 15 is 0 Å². The number of rotatable bonds is 7. The average molecular weight is 486 g/mol. The Morgan fingerprint density at radius 2 is 1.42 bits per heavy atom. The van der Waals surface area contributed by atoms with Crippen LogP contribution in [0.1, 0.15) is 51.7 Å². The van der Waals surface area contributed by atoms with Crippen molar-refractivity contribution in [2.45, 2.75) is 24.7 Å². The second kappa shape index (κ2) is 10.4. The quantitative estimate of drug-likeness (QED) is 0.267. The Kier molecular flexibility index (Phi) is 7.25. The lowest BCUT2D eigenvalue weighted by atomic mass is 9.57. The first kappa shape index (κ1) is 25.2. The SMILES string of the molecule is COC(=O)C1(C(=O)OC)C[C@H](c2ccccc2)c2ccc(N(C)C)cc2[C@H]1CC(=O)c1ccccc1. The fraction of sp³-hybridized carbons (Fsp3) is 0.300. The summed E-state index contributed by atoms with van der Waals surface area (Å²) in [5, 5.41) is 0. The standard InChI is InChI=1S/C30H31NO5/c1-31(2)22-15-16-23-24(17-22)26(18-27(32)21-13-9-6-10-14-21)30(28(33)35-3,29(34)36-4)19-25(23)20-11-7-5-8-12-20/h5-17,25-26H,18-19H2,1-4H3/t25-,26-/m1/s1. The predicted molar refractivity (Wildman–Crippen MR) is 138 cm³/mol. The number of ketones is 1. The molecule has 0 amide bonds. The lowest BCUT2D eigenvalue weighted by molar-refractivity contribution is -0.172. The number of carbonyl (C=O) groups is 3. The molecule has 0 fully saturated rings. The molecule has 6 heteroatoms. The van der Waals surface area contributed by atoms with Gasteiger partial charge in [-0.25, -0.2) is 0 Å². The fourth-order valence-electron chi connectivity index (χ4n) is 5.39. The van der Waals surface area contributed by atoms with Crippen LogP contribution in [0.5, 0.6) is 0 Å². The van der Waals surface area contributed by atoms with Crippen molar-refractivity contribution in [3.8, 4) is 0 Å². The van der Waals surface area contributed by atoms with Crippen molar-refractivity contribution in [3.63, 3.8) is 0 Å². The van der Waals surface area contributed by atoms with Gasteiger partial charge < -0.3 is 14.4 Å². The van der Waals surface area contributed by atoms with Crippen molar-refractivity contribution >= 4 is 23.4 Å². The zero-order chi connectivity index (χ0) is 25.9. The van der Waals surface area contributed by atoms with Gasteiger partial charge in [0.1, 0.15) is 0 Å². The van der Waals surface area contributed by atoms with Gasteiger partial charge in [-0.3, -0.25) is 14.4 Å². The molecule has 0 saturated heterocycles. The first-order valence-corrected chi connectivity index (χ1v) is 11.9. The first-order valence-electron chi connectivity index (χ1n) is 11.9. The molecule has 1 aliphatic carbocycles. The van der Waals surface area contributed by atoms with E-state index in [-0.39, 0.29) is 24.5 Å². The summed E-state index contributed by atoms with van der Waals surface area (Å²) in [4.78, 5) is 42.6. The van der Waals surface area contributed by atoms with Crippen LogP contribution in [0.25, 0.3) is 0 Å². The van der Waals surface area contributed by atoms with E-state index in [0.717, 1.165) is 22.4 Å². The molecule has 186 valence electrons. The summed E-state index contributed by atoms with van der Waals surface area (Å²) in [6.45, 7) is 0. The Labute approximate surface area is 211 Å². The number of methoxy groups -OCH3 is 2. The fourth-order valence-corrected chi connectivity index (χ4v) is 5.39. The van der Waals surface area contributed by atoms with Crippen LogP contribution in [-0.4, -0.2) is 46.0 Å². The van der Waals surface area contributed by atoms with Gasteiger partial charge in [-0.05, 0) is 35.2 Å². The summed E-state index contributed by atoms with van der Waals surface area (Å²) in [5.41, 5.74) is 2.48. The zero-order valence-corrected chi connectivity index (χ0v) is 21.1. The van der Waals surface area contributed by atoms with Gasteiger partial charge in [0.2, 0.25) is 0 Å². The minimum Gasteiger partial charge on any atom is -0.468 e. The number of ether oxygens (including phenoxy) is 2. The highest BCUT2D eigenvalue weighted by Gasteiger charge is 2.59. The number of fused-ring (bicyclic) bond motifs is 1. The molecule has 36 heavy (non-hydrogen) atoms. The van der Waals surface area contributed by atoms with Gasteiger partial charge in [0.25, 0.3) is 0 Å². The van der Waals surface area contributed by atoms with E-state index in [1.54, 1.807) is 24.3 Å². The van der Waals surface area contributed by atoms with Crippen LogP contribution in [0.2, 0.25) is 0 Å². The van der Waals surface area contributed by atoms with E-state index in [1.807, 2.05) is 73.6 Å². The highest BCUT2D eigenvalue weighted by Crippen LogP contribution is 2.56. The number of nitrogens with zero attached hydrogens (tertiary/aromatic N) is 1. The molecule has 0 aliphatic heterocycles. The molecule has 0 N–H and O–H groups in total. The van der Waals surface area contributed by atoms with E-state index < -0.39 is 23.3 Å². The van der Waals surface area contributed by atoms with Crippen LogP contribution in [-0.2, 0) is 19.1 Å². The third kappa shape index (κ3) is 4.39. The molecule has 0 bridgehead atoms. The Balaban J connectivity index is 1.98. The van der Waals surface area contributed by atoms with E-state index in [2.05, 4.69) is 0 Å². The van der Waals surface area contributed by atoms with Crippen LogP contribution in [0.4, 0.5) is 5.69 Å². The molecule has 0 heterocycles. The van der Waals surface area contributed by atoms with Crippen LogP contribution in [0.15, 0.2) is 78.9 Å². The van der Waals surface area contributed by atoms with Crippen LogP contribution < -0.4 is 4.90 Å². The normalized spacial score (nSPS) is 18.0. The van der Waals surface area contributed by atoms with Crippen LogP contribution in [0.3, 0.4) is 0 Å². The molecule has 3 aromatic rings. The molecule has 1 aliphatic rings. The Hall–Kier alpha value is -3.93. The Morgan fingerprint density at radius 1 is 0.833 bits per heavy atom. The molecule has 3 aromatic carbocycles. The first-order chi connectivity index (χ1) is 17.3. The molecular formula is C30H31NO5. The summed E-state index contributed by atoms with van der Waals surface area (Å²) < 4.78 is 10.5. The number of carbonyl (C=O) groups excluding carboxylic acids is 3. The molecule has 6 nitrogen and oxygen atoms in total. The minimum atomic E-state index is -1.69.